The Labute approximate surface area is 198 Å². The zero-order valence-electron chi connectivity index (χ0n) is 20.1. The van der Waals surface area contributed by atoms with Crippen molar-refractivity contribution in [1.82, 2.24) is 10.6 Å². The summed E-state index contributed by atoms with van der Waals surface area (Å²) in [7, 11) is 0. The minimum Gasteiger partial charge on any atom is -0.481 e. The molecule has 0 saturated carbocycles. The Balaban J connectivity index is 3.30. The van der Waals surface area contributed by atoms with E-state index in [0.29, 0.717) is 58.5 Å². The molecule has 2 amide bonds. The van der Waals surface area contributed by atoms with Gasteiger partial charge in [-0.3, -0.25) is 14.4 Å². The van der Waals surface area contributed by atoms with Crippen LogP contribution in [0.3, 0.4) is 0 Å². The topological polar surface area (TPSA) is 131 Å². The van der Waals surface area contributed by atoms with Gasteiger partial charge in [0.25, 0.3) is 0 Å². The highest BCUT2D eigenvalue weighted by Crippen LogP contribution is 2.12. The molecule has 9 nitrogen and oxygen atoms in total. The molecule has 0 rings (SSSR count). The fourth-order valence-corrected chi connectivity index (χ4v) is 3.24. The molecule has 0 aromatic rings. The fourth-order valence-electron chi connectivity index (χ4n) is 3.24. The van der Waals surface area contributed by atoms with Crippen LogP contribution in [-0.2, 0) is 28.7 Å². The zero-order chi connectivity index (χ0) is 24.4. The summed E-state index contributed by atoms with van der Waals surface area (Å²) in [5, 5.41) is 14.2. The highest BCUT2D eigenvalue weighted by Gasteiger charge is 2.04. The summed E-state index contributed by atoms with van der Waals surface area (Å²) in [4.78, 5) is 44.0. The predicted octanol–water partition coefficient (Wildman–Crippen LogP) is 3.00. The lowest BCUT2D eigenvalue weighted by Gasteiger charge is -2.07. The van der Waals surface area contributed by atoms with Crippen molar-refractivity contribution in [3.8, 4) is 0 Å². The Morgan fingerprint density at radius 3 is 1.67 bits per heavy atom. The minimum atomic E-state index is -0.707. The van der Waals surface area contributed by atoms with Gasteiger partial charge in [-0.1, -0.05) is 51.4 Å². The maximum Gasteiger partial charge on any atom is 0.303 e. The van der Waals surface area contributed by atoms with Gasteiger partial charge in [0.1, 0.15) is 12.9 Å². The van der Waals surface area contributed by atoms with Crippen LogP contribution >= 0.6 is 0 Å². The first-order valence-electron chi connectivity index (χ1n) is 12.4. The third kappa shape index (κ3) is 26.1. The quantitative estimate of drug-likeness (QED) is 0.137. The Bertz CT molecular complexity index is 515. The van der Waals surface area contributed by atoms with Gasteiger partial charge in [-0.25, -0.2) is 0 Å². The van der Waals surface area contributed by atoms with Gasteiger partial charge in [0.15, 0.2) is 0 Å². The molecule has 0 atom stereocenters. The fraction of sp³-hybridized carbons (Fsp3) is 0.833. The summed E-state index contributed by atoms with van der Waals surface area (Å²) in [5.41, 5.74) is 0. The zero-order valence-corrected chi connectivity index (χ0v) is 20.1. The molecule has 192 valence electrons. The SMILES string of the molecule is O=CCOCCOCCNC(=O)CCCNC(=O)CCCCCCCCCCCCC(=O)O. The Morgan fingerprint density at radius 2 is 1.09 bits per heavy atom. The smallest absolute Gasteiger partial charge is 0.303 e. The average Bonchev–Trinajstić information content (AvgIpc) is 2.79. The van der Waals surface area contributed by atoms with Crippen LogP contribution in [0.1, 0.15) is 89.9 Å². The summed E-state index contributed by atoms with van der Waals surface area (Å²) < 4.78 is 10.2. The molecular formula is C24H44N2O7. The van der Waals surface area contributed by atoms with Gasteiger partial charge in [0.2, 0.25) is 11.8 Å². The van der Waals surface area contributed by atoms with E-state index in [2.05, 4.69) is 10.6 Å². The molecule has 0 radical (unpaired) electrons. The Kier molecular flexibility index (Phi) is 23.1. The Hall–Kier alpha value is -2.00. The molecule has 0 saturated heterocycles. The highest BCUT2D eigenvalue weighted by atomic mass is 16.5. The van der Waals surface area contributed by atoms with Crippen molar-refractivity contribution in [2.45, 2.75) is 89.9 Å². The van der Waals surface area contributed by atoms with Crippen molar-refractivity contribution < 1.29 is 33.8 Å². The number of hydrogen-bond acceptors (Lipinski definition) is 6. The van der Waals surface area contributed by atoms with E-state index in [-0.39, 0.29) is 24.8 Å². The van der Waals surface area contributed by atoms with Gasteiger partial charge in [0, 0.05) is 32.4 Å². The molecule has 33 heavy (non-hydrogen) atoms. The molecule has 0 aliphatic carbocycles. The molecule has 0 fully saturated rings. The molecule has 0 aliphatic rings. The van der Waals surface area contributed by atoms with Crippen molar-refractivity contribution in [3.63, 3.8) is 0 Å². The van der Waals surface area contributed by atoms with Gasteiger partial charge in [-0.05, 0) is 19.3 Å². The highest BCUT2D eigenvalue weighted by molar-refractivity contribution is 5.77. The predicted molar refractivity (Wildman–Crippen MR) is 126 cm³/mol. The first-order valence-corrected chi connectivity index (χ1v) is 12.4. The number of ether oxygens (including phenoxy) is 2. The maximum atomic E-state index is 11.8. The largest absolute Gasteiger partial charge is 0.481 e. The van der Waals surface area contributed by atoms with Crippen molar-refractivity contribution in [3.05, 3.63) is 0 Å². The number of hydrogen-bond donors (Lipinski definition) is 3. The number of nitrogens with one attached hydrogen (secondary N) is 2. The summed E-state index contributed by atoms with van der Waals surface area (Å²) in [5.74, 6) is -0.728. The van der Waals surface area contributed by atoms with Crippen LogP contribution in [0.15, 0.2) is 0 Å². The van der Waals surface area contributed by atoms with E-state index in [9.17, 15) is 19.2 Å². The van der Waals surface area contributed by atoms with E-state index in [1.807, 2.05) is 0 Å². The minimum absolute atomic E-state index is 0.0435. The van der Waals surface area contributed by atoms with Gasteiger partial charge >= 0.3 is 5.97 Å². The molecule has 0 aromatic heterocycles. The third-order valence-corrected chi connectivity index (χ3v) is 5.07. The number of amides is 2. The second kappa shape index (κ2) is 24.6. The van der Waals surface area contributed by atoms with Gasteiger partial charge in [-0.2, -0.15) is 0 Å². The summed E-state index contributed by atoms with van der Waals surface area (Å²) in [6.45, 7) is 2.12. The number of carboxylic acid groups (broad SMARTS) is 1. The summed E-state index contributed by atoms with van der Waals surface area (Å²) in [6.07, 6.45) is 13.2. The van der Waals surface area contributed by atoms with E-state index >= 15 is 0 Å². The van der Waals surface area contributed by atoms with Crippen molar-refractivity contribution in [2.24, 2.45) is 0 Å². The molecule has 3 N–H and O–H groups in total. The van der Waals surface area contributed by atoms with Crippen molar-refractivity contribution in [1.29, 1.82) is 0 Å². The lowest BCUT2D eigenvalue weighted by atomic mass is 10.1. The number of aldehydes is 1. The molecule has 0 heterocycles. The van der Waals surface area contributed by atoms with E-state index in [1.165, 1.54) is 25.7 Å². The molecule has 0 aromatic carbocycles. The van der Waals surface area contributed by atoms with E-state index in [1.54, 1.807) is 0 Å². The van der Waals surface area contributed by atoms with Gasteiger partial charge in [-0.15, -0.1) is 0 Å². The van der Waals surface area contributed by atoms with Crippen LogP contribution < -0.4 is 10.6 Å². The molecular weight excluding hydrogens is 428 g/mol. The van der Waals surface area contributed by atoms with Crippen LogP contribution in [0.25, 0.3) is 0 Å². The third-order valence-electron chi connectivity index (χ3n) is 5.07. The van der Waals surface area contributed by atoms with E-state index in [4.69, 9.17) is 14.6 Å². The molecule has 0 unspecified atom stereocenters. The van der Waals surface area contributed by atoms with E-state index < -0.39 is 5.97 Å². The molecule has 0 spiro atoms. The molecule has 9 heteroatoms. The maximum absolute atomic E-state index is 11.8. The van der Waals surface area contributed by atoms with Gasteiger partial charge < -0.3 is 30.0 Å². The number of rotatable bonds is 25. The first-order chi connectivity index (χ1) is 16.1. The number of carbonyl (C=O) groups is 4. The monoisotopic (exact) mass is 472 g/mol. The normalized spacial score (nSPS) is 10.7. The lowest BCUT2D eigenvalue weighted by molar-refractivity contribution is -0.137. The summed E-state index contributed by atoms with van der Waals surface area (Å²) in [6, 6.07) is 0. The van der Waals surface area contributed by atoms with Crippen LogP contribution in [0.5, 0.6) is 0 Å². The van der Waals surface area contributed by atoms with Crippen molar-refractivity contribution in [2.75, 3.05) is 39.5 Å². The van der Waals surface area contributed by atoms with Crippen LogP contribution in [0.2, 0.25) is 0 Å². The van der Waals surface area contributed by atoms with Gasteiger partial charge in [0.05, 0.1) is 19.8 Å². The number of carbonyl (C=O) groups excluding carboxylic acids is 3. The average molecular weight is 473 g/mol. The summed E-state index contributed by atoms with van der Waals surface area (Å²) >= 11 is 0. The standard InChI is InChI=1S/C24H44N2O7/c27-17-19-33-21-20-32-18-16-26-23(29)13-11-15-25-22(28)12-9-7-5-3-1-2-4-6-8-10-14-24(30)31/h17H,1-16,18-21H2,(H,25,28)(H,26,29)(H,30,31). The molecule has 0 bridgehead atoms. The second-order valence-corrected chi connectivity index (χ2v) is 8.09. The van der Waals surface area contributed by atoms with E-state index in [0.717, 1.165) is 38.5 Å². The van der Waals surface area contributed by atoms with Crippen LogP contribution in [0, 0.1) is 0 Å². The lowest BCUT2D eigenvalue weighted by Crippen LogP contribution is -2.29. The number of unbranched alkanes of at least 4 members (excludes halogenated alkanes) is 9. The van der Waals surface area contributed by atoms with Crippen LogP contribution in [0.4, 0.5) is 0 Å². The second-order valence-electron chi connectivity index (χ2n) is 8.09. The Morgan fingerprint density at radius 1 is 0.606 bits per heavy atom. The first kappa shape index (κ1) is 31.0. The number of aliphatic carboxylic acids is 1. The number of carboxylic acids is 1. The van der Waals surface area contributed by atoms with Crippen LogP contribution in [-0.4, -0.2) is 68.7 Å². The van der Waals surface area contributed by atoms with Crippen molar-refractivity contribution >= 4 is 24.1 Å². The molecule has 0 aliphatic heterocycles.